The van der Waals surface area contributed by atoms with E-state index < -0.39 is 120 Å². The Morgan fingerprint density at radius 1 is 0.602 bits per heavy atom. The van der Waals surface area contributed by atoms with Gasteiger partial charge in [0.05, 0.1) is 25.6 Å². The Labute approximate surface area is 550 Å². The maximum absolute atomic E-state index is 13.2. The van der Waals surface area contributed by atoms with Gasteiger partial charge in [0, 0.05) is 83.2 Å². The molecule has 4 aliphatic heterocycles. The largest absolute Gasteiger partial charge is 0.490 e. The number of carbonyl (C=O) groups excluding carboxylic acids is 4. The Kier molecular flexibility index (Phi) is 27.6. The number of nitrogen functional groups attached to an aromatic ring is 1. The second kappa shape index (κ2) is 33.7. The van der Waals surface area contributed by atoms with Gasteiger partial charge in [-0.1, -0.05) is 19.3 Å². The minimum atomic E-state index is -6.55. The number of imidazole rings is 1. The summed E-state index contributed by atoms with van der Waals surface area (Å²) in [6, 6.07) is -1.52. The summed E-state index contributed by atoms with van der Waals surface area (Å²) in [6.45, 7) is 0.205. The summed E-state index contributed by atoms with van der Waals surface area (Å²) in [4.78, 5) is 149. The zero-order valence-electron chi connectivity index (χ0n) is 51.2. The van der Waals surface area contributed by atoms with E-state index in [0.29, 0.717) is 71.0 Å². The predicted molar refractivity (Wildman–Crippen MR) is 320 cm³/mol. The highest BCUT2D eigenvalue weighted by atomic mass is 31.3. The standard InChI is InChI=1S/C45H71F6N15O26P6/c46-44(47,48)38(71)56-28-11-19-64(20-12-28)42-60-41(61-43(62-42)65-21-13-29(14-22-65)57-39(72)45(49,50)51)63-17-9-27(10-18-63)36(69)54-16-6-3-4-8-32(68)53-15-5-1-2-7-23-85-93(73,74)88-95(77,78)90-97(81,82)92-98(83,84)91-96(79,80)89-94(75,76)86-25-31-30(67)24-33(87-31)66-26-55-34-35(66)58-40(52)59-37(34)70/h26-31,33,67H,1-25H2,(H,53,68)(H,54,69)(H,56,71)(H,57,72)(H,73,74)(H,75,76)(H,77,78)(H,79,80)(H,81,82)(H,83,84)(H3,52,58,59,70)/t30?,31-,33-/m1/s1. The van der Waals surface area contributed by atoms with Crippen molar-refractivity contribution in [2.45, 2.75) is 139 Å². The highest BCUT2D eigenvalue weighted by Gasteiger charge is 2.51. The number of piperidine rings is 3. The van der Waals surface area contributed by atoms with Crippen molar-refractivity contribution in [3.63, 3.8) is 0 Å². The molecule has 0 bridgehead atoms. The second-order valence-electron chi connectivity index (χ2n) is 22.4. The summed E-state index contributed by atoms with van der Waals surface area (Å²) in [6.07, 6.45) is -9.10. The molecule has 7 heterocycles. The van der Waals surface area contributed by atoms with Gasteiger partial charge in [-0.3, -0.25) is 42.6 Å². The number of rotatable bonds is 34. The summed E-state index contributed by atoms with van der Waals surface area (Å²) in [5, 5.41) is 20.1. The van der Waals surface area contributed by atoms with Crippen molar-refractivity contribution in [2.24, 2.45) is 5.92 Å². The first-order valence-electron chi connectivity index (χ1n) is 29.7. The van der Waals surface area contributed by atoms with E-state index in [1.165, 1.54) is 4.57 Å². The summed E-state index contributed by atoms with van der Waals surface area (Å²) in [7, 11) is -37.3. The smallest absolute Gasteiger partial charge is 0.390 e. The molecule has 41 nitrogen and oxygen atoms in total. The number of unbranched alkanes of at least 4 members (excludes halogenated alkanes) is 5. The molecule has 7 unspecified atom stereocenters. The zero-order valence-corrected chi connectivity index (χ0v) is 56.5. The van der Waals surface area contributed by atoms with Crippen LogP contribution in [0, 0.1) is 5.92 Å². The van der Waals surface area contributed by atoms with Crippen LogP contribution in [0.5, 0.6) is 0 Å². The number of nitrogens with two attached hydrogens (primary N) is 1. The first kappa shape index (κ1) is 80.1. The summed E-state index contributed by atoms with van der Waals surface area (Å²) in [5.74, 6) is -4.61. The zero-order chi connectivity index (χ0) is 72.2. The van der Waals surface area contributed by atoms with E-state index in [-0.39, 0.29) is 130 Å². The van der Waals surface area contributed by atoms with Gasteiger partial charge >= 0.3 is 71.1 Å². The number of hydrogen-bond acceptors (Lipinski definition) is 29. The number of hydrogen-bond donors (Lipinski definition) is 13. The lowest BCUT2D eigenvalue weighted by Crippen LogP contribution is -2.49. The fraction of sp³-hybridized carbons (Fsp3) is 0.733. The number of amides is 4. The van der Waals surface area contributed by atoms with Gasteiger partial charge in [-0.15, -0.1) is 0 Å². The number of aromatic amines is 1. The number of halogens is 6. The van der Waals surface area contributed by atoms with E-state index >= 15 is 0 Å². The molecule has 9 atom stereocenters. The van der Waals surface area contributed by atoms with Crippen LogP contribution in [0.25, 0.3) is 11.2 Å². The van der Waals surface area contributed by atoms with E-state index in [1.54, 1.807) is 9.80 Å². The molecule has 4 amide bonds. The third-order valence-corrected chi connectivity index (χ3v) is 24.2. The Hall–Kier alpha value is -5.20. The molecule has 0 radical (unpaired) electrons. The first-order valence-corrected chi connectivity index (χ1v) is 38.7. The Balaban J connectivity index is 0.728. The van der Waals surface area contributed by atoms with Crippen LogP contribution in [0.15, 0.2) is 11.1 Å². The van der Waals surface area contributed by atoms with E-state index in [0.717, 1.165) is 6.33 Å². The van der Waals surface area contributed by atoms with Crippen molar-refractivity contribution < 1.29 is 143 Å². The summed E-state index contributed by atoms with van der Waals surface area (Å²) in [5.41, 5.74) is 4.59. The normalized spacial score (nSPS) is 22.4. The van der Waals surface area contributed by atoms with Crippen molar-refractivity contribution in [2.75, 3.05) is 86.0 Å². The number of aliphatic hydroxyl groups is 1. The molecule has 4 aliphatic rings. The molecular formula is C45H71F6N15O26P6. The van der Waals surface area contributed by atoms with Gasteiger partial charge in [-0.2, -0.15) is 67.8 Å². The number of anilines is 4. The number of aromatic nitrogens is 7. The average Bonchev–Trinajstić information content (AvgIpc) is 1.56. The maximum atomic E-state index is 13.2. The van der Waals surface area contributed by atoms with Gasteiger partial charge in [-0.25, -0.2) is 32.4 Å². The number of nitrogens with zero attached hydrogens (tertiary/aromatic N) is 9. The van der Waals surface area contributed by atoms with Crippen LogP contribution in [-0.4, -0.2) is 195 Å². The minimum absolute atomic E-state index is 0.00176. The molecule has 7 rings (SSSR count). The molecule has 0 aliphatic carbocycles. The monoisotopic (exact) mass is 1540 g/mol. The van der Waals surface area contributed by atoms with Crippen molar-refractivity contribution >= 4 is 106 Å². The van der Waals surface area contributed by atoms with E-state index in [9.17, 15) is 112 Å². The molecule has 53 heteroatoms. The van der Waals surface area contributed by atoms with E-state index in [1.807, 2.05) is 15.5 Å². The maximum Gasteiger partial charge on any atom is 0.490 e. The lowest BCUT2D eigenvalue weighted by atomic mass is 9.96. The topological polar surface area (TPSA) is 572 Å². The fourth-order valence-corrected chi connectivity index (χ4v) is 18.1. The number of alkyl halides is 6. The molecule has 4 saturated heterocycles. The number of nitrogens with one attached hydrogen (secondary N) is 5. The fourth-order valence-electron chi connectivity index (χ4n) is 10.2. The van der Waals surface area contributed by atoms with Crippen molar-refractivity contribution in [1.82, 2.24) is 55.7 Å². The number of carbonyl (C=O) groups is 4. The van der Waals surface area contributed by atoms with Crippen molar-refractivity contribution in [1.29, 1.82) is 0 Å². The average molecular weight is 1540 g/mol. The number of aliphatic hydroxyl groups excluding tert-OH is 1. The highest BCUT2D eigenvalue weighted by molar-refractivity contribution is 7.72. The van der Waals surface area contributed by atoms with Gasteiger partial charge in [0.25, 0.3) is 5.56 Å². The van der Waals surface area contributed by atoms with Gasteiger partial charge in [0.2, 0.25) is 35.6 Å². The Morgan fingerprint density at radius 3 is 1.51 bits per heavy atom. The summed E-state index contributed by atoms with van der Waals surface area (Å²) >= 11 is 0. The van der Waals surface area contributed by atoms with Crippen LogP contribution >= 0.6 is 46.9 Å². The predicted octanol–water partition coefficient (Wildman–Crippen LogP) is 2.82. The Bertz CT molecular complexity index is 3590. The molecule has 14 N–H and O–H groups in total. The third kappa shape index (κ3) is 25.1. The molecule has 554 valence electrons. The number of phosphoric ester groups is 2. The van der Waals surface area contributed by atoms with Crippen LogP contribution in [0.1, 0.15) is 103 Å². The van der Waals surface area contributed by atoms with Crippen LogP contribution in [0.3, 0.4) is 0 Å². The molecule has 0 spiro atoms. The van der Waals surface area contributed by atoms with E-state index in [2.05, 4.69) is 71.1 Å². The van der Waals surface area contributed by atoms with Gasteiger partial charge in [-0.05, 0) is 64.2 Å². The molecule has 98 heavy (non-hydrogen) atoms. The van der Waals surface area contributed by atoms with Crippen LogP contribution in [-0.2, 0) is 81.9 Å². The van der Waals surface area contributed by atoms with Crippen LogP contribution < -0.4 is 47.3 Å². The van der Waals surface area contributed by atoms with Crippen molar-refractivity contribution in [3.8, 4) is 0 Å². The molecule has 0 saturated carbocycles. The quantitative estimate of drug-likeness (QED) is 0.0232. The number of phosphoric acid groups is 6. The highest BCUT2D eigenvalue weighted by Crippen LogP contribution is 2.75. The molecule has 3 aromatic rings. The molecular weight excluding hydrogens is 1470 g/mol. The van der Waals surface area contributed by atoms with Crippen LogP contribution in [0.2, 0.25) is 0 Å². The van der Waals surface area contributed by atoms with Crippen molar-refractivity contribution in [3.05, 3.63) is 16.7 Å². The number of ether oxygens (including phenoxy) is 1. The summed E-state index contributed by atoms with van der Waals surface area (Å²) < 4.78 is 186. The second-order valence-corrected chi connectivity index (χ2v) is 31.8. The number of H-pyrrole nitrogens is 1. The van der Waals surface area contributed by atoms with E-state index in [4.69, 9.17) is 10.5 Å². The van der Waals surface area contributed by atoms with Gasteiger partial charge < -0.3 is 80.9 Å². The van der Waals surface area contributed by atoms with Gasteiger partial charge in [0.1, 0.15) is 12.3 Å². The lowest BCUT2D eigenvalue weighted by Gasteiger charge is -2.36. The molecule has 4 fully saturated rings. The Morgan fingerprint density at radius 2 is 1.03 bits per heavy atom. The SMILES string of the molecule is Nc1nc2c(ncn2[C@H]2CC(O)[C@@H](COP(=O)(O)OP(=O)(O)OP(=O)(O)OP(=O)(O)OP(=O)(O)OP(=O)(O)OCCCCCCNC(=O)CCCCCNC(=O)C3CCN(c4nc(N5CCC(NC(=O)C(F)(F)F)CC5)nc(N5CCC(NC(=O)C(F)(F)F)CC5)n4)CC3)O2)c(=O)[nH]1. The molecule has 0 aromatic carbocycles. The first-order chi connectivity index (χ1) is 45.6. The van der Waals surface area contributed by atoms with Gasteiger partial charge in [0.15, 0.2) is 11.2 Å². The molecule has 3 aromatic heterocycles. The lowest BCUT2D eigenvalue weighted by molar-refractivity contribution is -0.174. The van der Waals surface area contributed by atoms with Crippen LogP contribution in [0.4, 0.5) is 50.1 Å². The number of fused-ring (bicyclic) bond motifs is 1. The third-order valence-electron chi connectivity index (χ3n) is 14.9. The minimum Gasteiger partial charge on any atom is -0.390 e.